The minimum absolute atomic E-state index is 0.00772. The van der Waals surface area contributed by atoms with Gasteiger partial charge in [-0.15, -0.1) is 0 Å². The zero-order valence-corrected chi connectivity index (χ0v) is 32.0. The Hall–Kier alpha value is -5.11. The van der Waals surface area contributed by atoms with E-state index in [-0.39, 0.29) is 5.91 Å². The molecule has 0 atom stereocenters. The number of carbonyl (C=O) groups excluding carboxylic acids is 1. The van der Waals surface area contributed by atoms with Crippen molar-refractivity contribution in [2.24, 2.45) is 0 Å². The number of aryl methyl sites for hydroxylation is 2. The van der Waals surface area contributed by atoms with Gasteiger partial charge in [-0.1, -0.05) is 91.7 Å². The molecule has 0 radical (unpaired) electrons. The monoisotopic (exact) mass is 729 g/mol. The van der Waals surface area contributed by atoms with Crippen LogP contribution in [0.2, 0.25) is 5.02 Å². The molecule has 7 nitrogen and oxygen atoms in total. The van der Waals surface area contributed by atoms with E-state index in [1.54, 1.807) is 18.3 Å². The van der Waals surface area contributed by atoms with Gasteiger partial charge in [0.2, 0.25) is 11.8 Å². The summed E-state index contributed by atoms with van der Waals surface area (Å²) in [5.41, 5.74) is 8.57. The molecule has 0 saturated carbocycles. The molecule has 0 N–H and O–H groups in total. The minimum Gasteiger partial charge on any atom is -0.489 e. The summed E-state index contributed by atoms with van der Waals surface area (Å²) < 4.78 is 17.9. The molecule has 1 amide bonds. The Bertz CT molecular complexity index is 1980. The number of nitrogens with zero attached hydrogens (tertiary/aromatic N) is 3. The first-order valence-electron chi connectivity index (χ1n) is 18.2. The summed E-state index contributed by atoms with van der Waals surface area (Å²) in [6.45, 7) is 15.2. The first-order chi connectivity index (χ1) is 25.6. The van der Waals surface area contributed by atoms with Crippen LogP contribution in [0.3, 0.4) is 0 Å². The minimum atomic E-state index is 0.00772. The zero-order chi connectivity index (χ0) is 37.3. The molecule has 0 aliphatic carbocycles. The summed E-state index contributed by atoms with van der Waals surface area (Å²) in [6, 6.07) is 32.6. The maximum atomic E-state index is 13.3. The Balaban J connectivity index is 0.960. The highest BCUT2D eigenvalue weighted by atomic mass is 35.5. The van der Waals surface area contributed by atoms with Crippen molar-refractivity contribution in [3.8, 4) is 23.1 Å². The molecular weight excluding hydrogens is 682 g/mol. The highest BCUT2D eigenvalue weighted by Gasteiger charge is 2.21. The second kappa shape index (κ2) is 17.6. The first-order valence-corrected chi connectivity index (χ1v) is 18.6. The predicted molar refractivity (Wildman–Crippen MR) is 213 cm³/mol. The molecule has 274 valence electrons. The van der Waals surface area contributed by atoms with E-state index in [4.69, 9.17) is 25.8 Å². The molecule has 1 aliphatic rings. The predicted octanol–water partition coefficient (Wildman–Crippen LogP) is 10.2. The van der Waals surface area contributed by atoms with Crippen molar-refractivity contribution in [2.45, 2.75) is 60.3 Å². The normalized spacial score (nSPS) is 13.6. The van der Waals surface area contributed by atoms with Crippen molar-refractivity contribution in [2.75, 3.05) is 26.2 Å². The van der Waals surface area contributed by atoms with E-state index < -0.39 is 0 Å². The number of ether oxygens (including phenoxy) is 3. The van der Waals surface area contributed by atoms with Crippen molar-refractivity contribution < 1.29 is 19.0 Å². The maximum absolute atomic E-state index is 13.3. The molecule has 0 spiro atoms. The number of benzene rings is 4. The molecule has 6 rings (SSSR count). The second-order valence-corrected chi connectivity index (χ2v) is 14.5. The van der Waals surface area contributed by atoms with E-state index >= 15 is 0 Å². The summed E-state index contributed by atoms with van der Waals surface area (Å²) in [7, 11) is 0. The highest BCUT2D eigenvalue weighted by molar-refractivity contribution is 6.32. The third-order valence-corrected chi connectivity index (χ3v) is 9.81. The molecule has 1 saturated heterocycles. The number of hydrogen-bond donors (Lipinski definition) is 0. The van der Waals surface area contributed by atoms with Crippen LogP contribution in [0.25, 0.3) is 5.57 Å². The average molecular weight is 730 g/mol. The van der Waals surface area contributed by atoms with Crippen LogP contribution in [-0.4, -0.2) is 46.9 Å². The number of halogens is 1. The lowest BCUT2D eigenvalue weighted by molar-refractivity contribution is -0.127. The number of rotatable bonds is 13. The maximum Gasteiger partial charge on any atom is 0.246 e. The lowest BCUT2D eigenvalue weighted by Crippen LogP contribution is -2.47. The molecule has 1 fully saturated rings. The fourth-order valence-electron chi connectivity index (χ4n) is 6.16. The van der Waals surface area contributed by atoms with E-state index in [1.807, 2.05) is 49.1 Å². The van der Waals surface area contributed by atoms with Gasteiger partial charge in [0.05, 0.1) is 11.2 Å². The fraction of sp³-hybridized carbons (Fsp3) is 0.289. The molecule has 1 aliphatic heterocycles. The largest absolute Gasteiger partial charge is 0.489 e. The van der Waals surface area contributed by atoms with Crippen LogP contribution >= 0.6 is 11.6 Å². The molecule has 8 heteroatoms. The molecule has 1 aromatic heterocycles. The van der Waals surface area contributed by atoms with Crippen molar-refractivity contribution >= 4 is 23.1 Å². The quantitative estimate of drug-likeness (QED) is 0.112. The van der Waals surface area contributed by atoms with Gasteiger partial charge in [-0.05, 0) is 96.0 Å². The standard InChI is InChI=1S/C45H48ClN3O4/c1-31(2)38-14-16-40(17-15-38)51-29-37-12-10-35(11-13-37)28-48-20-22-49(23-21-48)44(50)25-33(4)39-24-34(5)45(42(46)26-39)53-43-19-18-41(27-47-43)52-30-36-8-6-32(3)7-9-36/h6-19,24-27,31H,20-23,28-30H2,1-5H3. The summed E-state index contributed by atoms with van der Waals surface area (Å²) in [5, 5.41) is 0.451. The van der Waals surface area contributed by atoms with Crippen LogP contribution in [0.1, 0.15) is 65.6 Å². The highest BCUT2D eigenvalue weighted by Crippen LogP contribution is 2.35. The lowest BCUT2D eigenvalue weighted by atomic mass is 10.0. The van der Waals surface area contributed by atoms with Crippen molar-refractivity contribution in [3.05, 3.63) is 153 Å². The number of carbonyl (C=O) groups is 1. The van der Waals surface area contributed by atoms with Gasteiger partial charge in [0.1, 0.15) is 24.7 Å². The van der Waals surface area contributed by atoms with Gasteiger partial charge < -0.3 is 19.1 Å². The Morgan fingerprint density at radius 3 is 2.00 bits per heavy atom. The Labute approximate surface area is 318 Å². The average Bonchev–Trinajstić information content (AvgIpc) is 3.16. The molecule has 0 bridgehead atoms. The third-order valence-electron chi connectivity index (χ3n) is 9.53. The van der Waals surface area contributed by atoms with E-state index in [9.17, 15) is 4.79 Å². The van der Waals surface area contributed by atoms with Crippen molar-refractivity contribution in [1.29, 1.82) is 0 Å². The molecule has 4 aromatic carbocycles. The zero-order valence-electron chi connectivity index (χ0n) is 31.3. The molecule has 0 unspecified atom stereocenters. The van der Waals surface area contributed by atoms with E-state index in [2.05, 4.69) is 91.3 Å². The Morgan fingerprint density at radius 2 is 1.40 bits per heavy atom. The van der Waals surface area contributed by atoms with E-state index in [1.165, 1.54) is 16.7 Å². The number of piperazine rings is 1. The van der Waals surface area contributed by atoms with Crippen LogP contribution < -0.4 is 14.2 Å². The summed E-state index contributed by atoms with van der Waals surface area (Å²) in [6.07, 6.45) is 3.35. The van der Waals surface area contributed by atoms with Gasteiger partial charge in [0.25, 0.3) is 0 Å². The number of hydrogen-bond acceptors (Lipinski definition) is 6. The van der Waals surface area contributed by atoms with Gasteiger partial charge in [0.15, 0.2) is 5.75 Å². The van der Waals surface area contributed by atoms with Crippen molar-refractivity contribution in [1.82, 2.24) is 14.8 Å². The number of pyridine rings is 1. The van der Waals surface area contributed by atoms with Crippen LogP contribution in [0.5, 0.6) is 23.1 Å². The van der Waals surface area contributed by atoms with Gasteiger partial charge in [-0.2, -0.15) is 0 Å². The molecule has 53 heavy (non-hydrogen) atoms. The van der Waals surface area contributed by atoms with Crippen LogP contribution in [0.4, 0.5) is 0 Å². The lowest BCUT2D eigenvalue weighted by Gasteiger charge is -2.34. The van der Waals surface area contributed by atoms with Gasteiger partial charge in [-0.25, -0.2) is 4.98 Å². The van der Waals surface area contributed by atoms with Crippen LogP contribution in [0.15, 0.2) is 109 Å². The summed E-state index contributed by atoms with van der Waals surface area (Å²) in [5.74, 6) is 2.99. The fourth-order valence-corrected chi connectivity index (χ4v) is 6.46. The van der Waals surface area contributed by atoms with Gasteiger partial charge in [-0.3, -0.25) is 9.69 Å². The molecule has 2 heterocycles. The topological polar surface area (TPSA) is 64.1 Å². The number of amides is 1. The molecule has 5 aromatic rings. The Morgan fingerprint density at radius 1 is 0.792 bits per heavy atom. The van der Waals surface area contributed by atoms with E-state index in [0.717, 1.165) is 53.2 Å². The van der Waals surface area contributed by atoms with Crippen molar-refractivity contribution in [3.63, 3.8) is 0 Å². The molecular formula is C45H48ClN3O4. The van der Waals surface area contributed by atoms with Crippen LogP contribution in [0, 0.1) is 13.8 Å². The summed E-state index contributed by atoms with van der Waals surface area (Å²) in [4.78, 5) is 22.0. The first kappa shape index (κ1) is 37.6. The van der Waals surface area contributed by atoms with Gasteiger partial charge in [0, 0.05) is 44.9 Å². The SMILES string of the molecule is CC(=CC(=O)N1CCN(Cc2ccc(COc3ccc(C(C)C)cc3)cc2)CC1)c1cc(C)c(Oc2ccc(OCc3ccc(C)cc3)cn2)c(Cl)c1. The Kier molecular flexibility index (Phi) is 12.5. The van der Waals surface area contributed by atoms with E-state index in [0.29, 0.717) is 54.6 Å². The summed E-state index contributed by atoms with van der Waals surface area (Å²) >= 11 is 6.71. The smallest absolute Gasteiger partial charge is 0.246 e. The third kappa shape index (κ3) is 10.5. The van der Waals surface area contributed by atoms with Gasteiger partial charge >= 0.3 is 0 Å². The second-order valence-electron chi connectivity index (χ2n) is 14.1. The number of allylic oxidation sites excluding steroid dienone is 1. The number of aromatic nitrogens is 1. The van der Waals surface area contributed by atoms with Crippen LogP contribution in [-0.2, 0) is 24.6 Å².